The van der Waals surface area contributed by atoms with Crippen molar-refractivity contribution in [1.29, 1.82) is 0 Å². The highest BCUT2D eigenvalue weighted by Gasteiger charge is 2.21. The summed E-state index contributed by atoms with van der Waals surface area (Å²) in [5, 5.41) is 6.23. The van der Waals surface area contributed by atoms with E-state index in [2.05, 4.69) is 10.6 Å². The van der Waals surface area contributed by atoms with Crippen molar-refractivity contribution in [3.05, 3.63) is 83.9 Å². The zero-order valence-electron chi connectivity index (χ0n) is 16.9. The summed E-state index contributed by atoms with van der Waals surface area (Å²) >= 11 is 6.08. The average molecular weight is 422 g/mol. The van der Waals surface area contributed by atoms with Gasteiger partial charge in [0.15, 0.2) is 0 Å². The standard InChI is InChI=1S/C24H24ClN3O2/c1-17(28(2)16-23(29)26-22-15-9-7-13-20(22)25)24(30)27-21-14-8-6-12-19(21)18-10-4-3-5-11-18/h3-15,17H,16H2,1-2H3,(H,26,29)(H,27,30)/t17-/m1/s1. The van der Waals surface area contributed by atoms with E-state index >= 15 is 0 Å². The summed E-state index contributed by atoms with van der Waals surface area (Å²) in [6, 6.07) is 24.1. The van der Waals surface area contributed by atoms with Crippen LogP contribution in [0.1, 0.15) is 6.92 Å². The number of anilines is 2. The molecule has 0 aliphatic heterocycles. The molecule has 3 aromatic rings. The van der Waals surface area contributed by atoms with Gasteiger partial charge in [-0.3, -0.25) is 14.5 Å². The third kappa shape index (κ3) is 5.47. The number of nitrogens with zero attached hydrogens (tertiary/aromatic N) is 1. The van der Waals surface area contributed by atoms with Crippen molar-refractivity contribution in [2.75, 3.05) is 24.2 Å². The topological polar surface area (TPSA) is 61.4 Å². The van der Waals surface area contributed by atoms with Gasteiger partial charge < -0.3 is 10.6 Å². The number of benzene rings is 3. The smallest absolute Gasteiger partial charge is 0.241 e. The number of carbonyl (C=O) groups excluding carboxylic acids is 2. The highest BCUT2D eigenvalue weighted by Crippen LogP contribution is 2.27. The largest absolute Gasteiger partial charge is 0.324 e. The number of para-hydroxylation sites is 2. The monoisotopic (exact) mass is 421 g/mol. The van der Waals surface area contributed by atoms with Gasteiger partial charge in [-0.1, -0.05) is 72.3 Å². The third-order valence-electron chi connectivity index (χ3n) is 4.85. The van der Waals surface area contributed by atoms with Crippen molar-refractivity contribution in [3.63, 3.8) is 0 Å². The summed E-state index contributed by atoms with van der Waals surface area (Å²) in [6.07, 6.45) is 0. The Kier molecular flexibility index (Phi) is 7.22. The minimum Gasteiger partial charge on any atom is -0.324 e. The fraction of sp³-hybridized carbons (Fsp3) is 0.167. The van der Waals surface area contributed by atoms with E-state index in [4.69, 9.17) is 11.6 Å². The Hall–Kier alpha value is -3.15. The second-order valence-corrected chi connectivity index (χ2v) is 7.43. The van der Waals surface area contributed by atoms with E-state index in [0.29, 0.717) is 10.7 Å². The van der Waals surface area contributed by atoms with Crippen LogP contribution in [0.15, 0.2) is 78.9 Å². The number of hydrogen-bond donors (Lipinski definition) is 2. The van der Waals surface area contributed by atoms with E-state index in [1.807, 2.05) is 54.6 Å². The minimum absolute atomic E-state index is 0.0557. The zero-order valence-corrected chi connectivity index (χ0v) is 17.7. The minimum atomic E-state index is -0.508. The molecule has 0 heterocycles. The first-order chi connectivity index (χ1) is 14.5. The Labute approximate surface area is 181 Å². The van der Waals surface area contributed by atoms with Crippen molar-refractivity contribution < 1.29 is 9.59 Å². The number of carbonyl (C=O) groups is 2. The van der Waals surface area contributed by atoms with Gasteiger partial charge in [-0.15, -0.1) is 0 Å². The van der Waals surface area contributed by atoms with Gasteiger partial charge in [0, 0.05) is 11.3 Å². The summed E-state index contributed by atoms with van der Waals surface area (Å²) in [5.41, 5.74) is 3.24. The van der Waals surface area contributed by atoms with Gasteiger partial charge in [-0.2, -0.15) is 0 Å². The van der Waals surface area contributed by atoms with E-state index in [9.17, 15) is 9.59 Å². The highest BCUT2D eigenvalue weighted by atomic mass is 35.5. The summed E-state index contributed by atoms with van der Waals surface area (Å²) in [4.78, 5) is 26.9. The van der Waals surface area contributed by atoms with Gasteiger partial charge in [-0.05, 0) is 37.7 Å². The molecule has 154 valence electrons. The van der Waals surface area contributed by atoms with Crippen LogP contribution in [0.3, 0.4) is 0 Å². The first-order valence-corrected chi connectivity index (χ1v) is 10.0. The van der Waals surface area contributed by atoms with Gasteiger partial charge in [0.2, 0.25) is 11.8 Å². The van der Waals surface area contributed by atoms with Gasteiger partial charge in [0.25, 0.3) is 0 Å². The number of nitrogens with one attached hydrogen (secondary N) is 2. The molecule has 0 radical (unpaired) electrons. The van der Waals surface area contributed by atoms with Crippen LogP contribution in [0.2, 0.25) is 5.02 Å². The molecule has 0 spiro atoms. The Balaban J connectivity index is 1.63. The molecule has 0 unspecified atom stereocenters. The van der Waals surface area contributed by atoms with Gasteiger partial charge >= 0.3 is 0 Å². The molecule has 2 N–H and O–H groups in total. The maximum absolute atomic E-state index is 12.8. The molecule has 3 aromatic carbocycles. The van der Waals surface area contributed by atoms with Crippen LogP contribution in [-0.2, 0) is 9.59 Å². The second kappa shape index (κ2) is 10.1. The Morgan fingerprint density at radius 1 is 0.867 bits per heavy atom. The lowest BCUT2D eigenvalue weighted by molar-refractivity contribution is -0.122. The number of rotatable bonds is 7. The van der Waals surface area contributed by atoms with Crippen LogP contribution in [0.5, 0.6) is 0 Å². The Morgan fingerprint density at radius 3 is 2.17 bits per heavy atom. The number of amides is 2. The molecule has 2 amide bonds. The van der Waals surface area contributed by atoms with Gasteiger partial charge in [-0.25, -0.2) is 0 Å². The molecule has 3 rings (SSSR count). The molecule has 6 heteroatoms. The zero-order chi connectivity index (χ0) is 21.5. The lowest BCUT2D eigenvalue weighted by atomic mass is 10.0. The first kappa shape index (κ1) is 21.6. The molecular weight excluding hydrogens is 398 g/mol. The van der Waals surface area contributed by atoms with Crippen molar-refractivity contribution in [2.24, 2.45) is 0 Å². The quantitative estimate of drug-likeness (QED) is 0.570. The molecular formula is C24H24ClN3O2. The Morgan fingerprint density at radius 2 is 1.47 bits per heavy atom. The van der Waals surface area contributed by atoms with E-state index in [1.54, 1.807) is 43.1 Å². The van der Waals surface area contributed by atoms with E-state index in [-0.39, 0.29) is 18.4 Å². The molecule has 0 aliphatic rings. The summed E-state index contributed by atoms with van der Waals surface area (Å²) in [6.45, 7) is 1.82. The molecule has 0 bridgehead atoms. The SMILES string of the molecule is C[C@H](C(=O)Nc1ccccc1-c1ccccc1)N(C)CC(=O)Nc1ccccc1Cl. The molecule has 30 heavy (non-hydrogen) atoms. The molecule has 5 nitrogen and oxygen atoms in total. The van der Waals surface area contributed by atoms with Gasteiger partial charge in [0.05, 0.1) is 23.3 Å². The molecule has 0 aliphatic carbocycles. The fourth-order valence-corrected chi connectivity index (χ4v) is 3.20. The maximum Gasteiger partial charge on any atom is 0.241 e. The summed E-state index contributed by atoms with van der Waals surface area (Å²) in [7, 11) is 1.74. The van der Waals surface area contributed by atoms with Gasteiger partial charge in [0.1, 0.15) is 0 Å². The van der Waals surface area contributed by atoms with Crippen LogP contribution in [0.4, 0.5) is 11.4 Å². The van der Waals surface area contributed by atoms with Crippen molar-refractivity contribution in [1.82, 2.24) is 4.90 Å². The number of hydrogen-bond acceptors (Lipinski definition) is 3. The number of likely N-dealkylation sites (N-methyl/N-ethyl adjacent to an activating group) is 1. The molecule has 1 atom stereocenters. The highest BCUT2D eigenvalue weighted by molar-refractivity contribution is 6.33. The van der Waals surface area contributed by atoms with Crippen molar-refractivity contribution >= 4 is 34.8 Å². The fourth-order valence-electron chi connectivity index (χ4n) is 3.01. The van der Waals surface area contributed by atoms with Crippen LogP contribution < -0.4 is 10.6 Å². The Bertz CT molecular complexity index is 1020. The van der Waals surface area contributed by atoms with E-state index < -0.39 is 6.04 Å². The average Bonchev–Trinajstić information content (AvgIpc) is 2.75. The molecule has 0 aromatic heterocycles. The summed E-state index contributed by atoms with van der Waals surface area (Å²) in [5.74, 6) is -0.429. The lowest BCUT2D eigenvalue weighted by Crippen LogP contribution is -2.43. The second-order valence-electron chi connectivity index (χ2n) is 7.02. The lowest BCUT2D eigenvalue weighted by Gasteiger charge is -2.24. The predicted octanol–water partition coefficient (Wildman–Crippen LogP) is 4.90. The van der Waals surface area contributed by atoms with E-state index in [1.165, 1.54) is 0 Å². The van der Waals surface area contributed by atoms with E-state index in [0.717, 1.165) is 16.8 Å². The third-order valence-corrected chi connectivity index (χ3v) is 5.18. The van der Waals surface area contributed by atoms with Crippen LogP contribution in [-0.4, -0.2) is 36.3 Å². The van der Waals surface area contributed by atoms with Crippen LogP contribution in [0.25, 0.3) is 11.1 Å². The normalized spacial score (nSPS) is 11.7. The van der Waals surface area contributed by atoms with Crippen LogP contribution in [0, 0.1) is 0 Å². The predicted molar refractivity (Wildman–Crippen MR) is 123 cm³/mol. The first-order valence-electron chi connectivity index (χ1n) is 9.65. The molecule has 0 fully saturated rings. The number of halogens is 1. The van der Waals surface area contributed by atoms with Crippen molar-refractivity contribution in [2.45, 2.75) is 13.0 Å². The maximum atomic E-state index is 12.8. The van der Waals surface area contributed by atoms with Crippen molar-refractivity contribution in [3.8, 4) is 11.1 Å². The molecule has 0 saturated heterocycles. The molecule has 0 saturated carbocycles. The van der Waals surface area contributed by atoms with Crippen LogP contribution >= 0.6 is 11.6 Å². The summed E-state index contributed by atoms with van der Waals surface area (Å²) < 4.78 is 0.